The Labute approximate surface area is 100 Å². The Morgan fingerprint density at radius 2 is 2.06 bits per heavy atom. The minimum atomic E-state index is 0.0321. The number of anilines is 1. The molecule has 2 rings (SSSR count). The topological polar surface area (TPSA) is 60.8 Å². The number of hydrogen-bond acceptors (Lipinski definition) is 3. The molecule has 17 heavy (non-hydrogen) atoms. The van der Waals surface area contributed by atoms with Gasteiger partial charge in [0.15, 0.2) is 0 Å². The van der Waals surface area contributed by atoms with E-state index >= 15 is 0 Å². The lowest BCUT2D eigenvalue weighted by Gasteiger charge is -2.20. The number of amides is 1. The summed E-state index contributed by atoms with van der Waals surface area (Å²) >= 11 is 0. The van der Waals surface area contributed by atoms with Crippen LogP contribution >= 0.6 is 0 Å². The van der Waals surface area contributed by atoms with E-state index in [1.54, 1.807) is 4.90 Å². The van der Waals surface area contributed by atoms with E-state index in [0.29, 0.717) is 19.4 Å². The SMILES string of the molecule is O=C1CC(CO)CN1c1ccccc1CCO. The van der Waals surface area contributed by atoms with Crippen molar-refractivity contribution in [3.05, 3.63) is 29.8 Å². The molecule has 2 N–H and O–H groups in total. The molecule has 1 aromatic rings. The average Bonchev–Trinajstić information content (AvgIpc) is 2.72. The summed E-state index contributed by atoms with van der Waals surface area (Å²) < 4.78 is 0. The first-order valence-corrected chi connectivity index (χ1v) is 5.86. The summed E-state index contributed by atoms with van der Waals surface area (Å²) in [5.74, 6) is 0.0825. The molecule has 1 unspecified atom stereocenters. The van der Waals surface area contributed by atoms with Crippen LogP contribution in [0.15, 0.2) is 24.3 Å². The van der Waals surface area contributed by atoms with Crippen LogP contribution in [0.25, 0.3) is 0 Å². The lowest BCUT2D eigenvalue weighted by atomic mass is 10.1. The van der Waals surface area contributed by atoms with Crippen LogP contribution in [0.3, 0.4) is 0 Å². The third-order valence-electron chi connectivity index (χ3n) is 3.13. The molecule has 1 aliphatic heterocycles. The van der Waals surface area contributed by atoms with Gasteiger partial charge in [0.05, 0.1) is 0 Å². The highest BCUT2D eigenvalue weighted by atomic mass is 16.3. The van der Waals surface area contributed by atoms with Crippen LogP contribution in [-0.4, -0.2) is 35.9 Å². The number of carbonyl (C=O) groups is 1. The van der Waals surface area contributed by atoms with Gasteiger partial charge < -0.3 is 15.1 Å². The van der Waals surface area contributed by atoms with Crippen molar-refractivity contribution in [3.63, 3.8) is 0 Å². The second-order valence-electron chi connectivity index (χ2n) is 4.36. The molecule has 1 saturated heterocycles. The van der Waals surface area contributed by atoms with Crippen molar-refractivity contribution in [2.24, 2.45) is 5.92 Å². The molecule has 0 bridgehead atoms. The lowest BCUT2D eigenvalue weighted by Crippen LogP contribution is -2.26. The van der Waals surface area contributed by atoms with Gasteiger partial charge in [0.1, 0.15) is 0 Å². The van der Waals surface area contributed by atoms with Crippen molar-refractivity contribution in [2.75, 3.05) is 24.7 Å². The summed E-state index contributed by atoms with van der Waals surface area (Å²) in [5, 5.41) is 18.1. The minimum Gasteiger partial charge on any atom is -0.396 e. The molecule has 1 aromatic carbocycles. The molecular weight excluding hydrogens is 218 g/mol. The Hall–Kier alpha value is -1.39. The van der Waals surface area contributed by atoms with Crippen molar-refractivity contribution in [1.29, 1.82) is 0 Å². The number of carbonyl (C=O) groups excluding carboxylic acids is 1. The van der Waals surface area contributed by atoms with Crippen LogP contribution in [0, 0.1) is 5.92 Å². The Morgan fingerprint density at radius 1 is 1.29 bits per heavy atom. The van der Waals surface area contributed by atoms with E-state index in [4.69, 9.17) is 10.2 Å². The van der Waals surface area contributed by atoms with E-state index in [1.807, 2.05) is 24.3 Å². The highest BCUT2D eigenvalue weighted by molar-refractivity contribution is 5.96. The van der Waals surface area contributed by atoms with Crippen molar-refractivity contribution in [2.45, 2.75) is 12.8 Å². The van der Waals surface area contributed by atoms with Gasteiger partial charge in [-0.05, 0) is 18.1 Å². The first kappa shape index (κ1) is 12.1. The molecule has 1 heterocycles. The first-order chi connectivity index (χ1) is 8.26. The molecule has 92 valence electrons. The molecule has 1 aliphatic rings. The standard InChI is InChI=1S/C13H17NO3/c15-6-5-11-3-1-2-4-12(11)14-8-10(9-16)7-13(14)17/h1-4,10,15-16H,5-9H2. The summed E-state index contributed by atoms with van der Waals surface area (Å²) in [4.78, 5) is 13.6. The quantitative estimate of drug-likeness (QED) is 0.802. The van der Waals surface area contributed by atoms with Gasteiger partial charge >= 0.3 is 0 Å². The van der Waals surface area contributed by atoms with E-state index in [0.717, 1.165) is 11.3 Å². The zero-order valence-corrected chi connectivity index (χ0v) is 9.67. The van der Waals surface area contributed by atoms with E-state index in [2.05, 4.69) is 0 Å². The number of para-hydroxylation sites is 1. The fourth-order valence-electron chi connectivity index (χ4n) is 2.24. The summed E-state index contributed by atoms with van der Waals surface area (Å²) in [7, 11) is 0. The van der Waals surface area contributed by atoms with Crippen LogP contribution in [0.5, 0.6) is 0 Å². The van der Waals surface area contributed by atoms with E-state index in [9.17, 15) is 4.79 Å². The number of aliphatic hydroxyl groups excluding tert-OH is 2. The van der Waals surface area contributed by atoms with Crippen molar-refractivity contribution < 1.29 is 15.0 Å². The molecular formula is C13H17NO3. The Kier molecular flexibility index (Phi) is 3.76. The smallest absolute Gasteiger partial charge is 0.227 e. The summed E-state index contributed by atoms with van der Waals surface area (Å²) in [5.41, 5.74) is 1.84. The Morgan fingerprint density at radius 3 is 2.71 bits per heavy atom. The van der Waals surface area contributed by atoms with Crippen molar-refractivity contribution in [3.8, 4) is 0 Å². The van der Waals surface area contributed by atoms with Gasteiger partial charge in [0, 0.05) is 37.8 Å². The van der Waals surface area contributed by atoms with Gasteiger partial charge in [-0.25, -0.2) is 0 Å². The van der Waals surface area contributed by atoms with E-state index in [1.165, 1.54) is 0 Å². The van der Waals surface area contributed by atoms with Crippen LogP contribution in [-0.2, 0) is 11.2 Å². The zero-order chi connectivity index (χ0) is 12.3. The van der Waals surface area contributed by atoms with E-state index in [-0.39, 0.29) is 25.0 Å². The maximum Gasteiger partial charge on any atom is 0.227 e. The second kappa shape index (κ2) is 5.29. The van der Waals surface area contributed by atoms with Crippen molar-refractivity contribution in [1.82, 2.24) is 0 Å². The Balaban J connectivity index is 2.25. The third kappa shape index (κ3) is 2.48. The van der Waals surface area contributed by atoms with Crippen LogP contribution < -0.4 is 4.90 Å². The molecule has 1 amide bonds. The number of benzene rings is 1. The number of aliphatic hydroxyl groups is 2. The first-order valence-electron chi connectivity index (χ1n) is 5.86. The molecule has 4 heteroatoms. The zero-order valence-electron chi connectivity index (χ0n) is 9.67. The maximum absolute atomic E-state index is 11.9. The highest BCUT2D eigenvalue weighted by Gasteiger charge is 2.30. The Bertz CT molecular complexity index is 405. The fraction of sp³-hybridized carbons (Fsp3) is 0.462. The van der Waals surface area contributed by atoms with Crippen LogP contribution in [0.1, 0.15) is 12.0 Å². The summed E-state index contributed by atoms with van der Waals surface area (Å²) in [6.07, 6.45) is 0.952. The normalized spacial score (nSPS) is 20.0. The maximum atomic E-state index is 11.9. The predicted octanol–water partition coefficient (Wildman–Crippen LogP) is 0.567. The lowest BCUT2D eigenvalue weighted by molar-refractivity contribution is -0.117. The molecule has 4 nitrogen and oxygen atoms in total. The molecule has 1 atom stereocenters. The van der Waals surface area contributed by atoms with Gasteiger partial charge in [-0.15, -0.1) is 0 Å². The van der Waals surface area contributed by atoms with Gasteiger partial charge in [-0.3, -0.25) is 4.79 Å². The van der Waals surface area contributed by atoms with E-state index < -0.39 is 0 Å². The van der Waals surface area contributed by atoms with Gasteiger partial charge in [0.25, 0.3) is 0 Å². The minimum absolute atomic E-state index is 0.0321. The summed E-state index contributed by atoms with van der Waals surface area (Å²) in [6.45, 7) is 0.685. The fourth-order valence-corrected chi connectivity index (χ4v) is 2.24. The molecule has 0 radical (unpaired) electrons. The molecule has 0 saturated carbocycles. The third-order valence-corrected chi connectivity index (χ3v) is 3.13. The number of rotatable bonds is 4. The molecule has 0 spiro atoms. The second-order valence-corrected chi connectivity index (χ2v) is 4.36. The van der Waals surface area contributed by atoms with Gasteiger partial charge in [-0.2, -0.15) is 0 Å². The predicted molar refractivity (Wildman–Crippen MR) is 64.8 cm³/mol. The summed E-state index contributed by atoms with van der Waals surface area (Å²) in [6, 6.07) is 7.60. The largest absolute Gasteiger partial charge is 0.396 e. The number of nitrogens with zero attached hydrogens (tertiary/aromatic N) is 1. The van der Waals surface area contributed by atoms with Gasteiger partial charge in [0.2, 0.25) is 5.91 Å². The average molecular weight is 235 g/mol. The number of hydrogen-bond donors (Lipinski definition) is 2. The van der Waals surface area contributed by atoms with Gasteiger partial charge in [-0.1, -0.05) is 18.2 Å². The molecule has 0 aliphatic carbocycles. The highest BCUT2D eigenvalue weighted by Crippen LogP contribution is 2.28. The molecule has 1 fully saturated rings. The van der Waals surface area contributed by atoms with Crippen molar-refractivity contribution >= 4 is 11.6 Å². The van der Waals surface area contributed by atoms with Crippen LogP contribution in [0.4, 0.5) is 5.69 Å². The van der Waals surface area contributed by atoms with Crippen LogP contribution in [0.2, 0.25) is 0 Å². The molecule has 0 aromatic heterocycles. The monoisotopic (exact) mass is 235 g/mol.